The first kappa shape index (κ1) is 13.6. The highest BCUT2D eigenvalue weighted by Gasteiger charge is 2.08. The van der Waals surface area contributed by atoms with Crippen LogP contribution in [0.2, 0.25) is 0 Å². The molecule has 0 atom stereocenters. The van der Waals surface area contributed by atoms with Gasteiger partial charge in [0.2, 0.25) is 0 Å². The van der Waals surface area contributed by atoms with Crippen molar-refractivity contribution < 1.29 is 9.53 Å². The molecule has 0 fully saturated rings. The molecule has 1 heterocycles. The van der Waals surface area contributed by atoms with Gasteiger partial charge in [-0.05, 0) is 48.6 Å². The molecule has 0 saturated heterocycles. The van der Waals surface area contributed by atoms with E-state index in [9.17, 15) is 4.79 Å². The van der Waals surface area contributed by atoms with E-state index in [-0.39, 0.29) is 5.78 Å². The molecule has 0 N–H and O–H groups in total. The fourth-order valence-corrected chi connectivity index (χ4v) is 2.51. The second kappa shape index (κ2) is 6.40. The summed E-state index contributed by atoms with van der Waals surface area (Å²) in [5.74, 6) is 1.01. The zero-order chi connectivity index (χ0) is 14.5. The van der Waals surface area contributed by atoms with Crippen molar-refractivity contribution in [3.05, 3.63) is 71.3 Å². The van der Waals surface area contributed by atoms with Crippen LogP contribution in [0.25, 0.3) is 6.08 Å². The molecule has 0 saturated carbocycles. The third kappa shape index (κ3) is 3.40. The van der Waals surface area contributed by atoms with Gasteiger partial charge in [0.15, 0.2) is 5.78 Å². The standard InChI is InChI=1S/C19H18O2/c20-18(16-6-2-1-3-7-16)11-9-15-10-12-19-17(14-15)8-4-5-13-21-19/h1-3,6-7,9-12,14H,4-5,8,13H2. The Morgan fingerprint density at radius 2 is 1.90 bits per heavy atom. The third-order valence-electron chi connectivity index (χ3n) is 3.67. The average Bonchev–Trinajstić information content (AvgIpc) is 2.78. The smallest absolute Gasteiger partial charge is 0.185 e. The van der Waals surface area contributed by atoms with E-state index in [0.717, 1.165) is 37.2 Å². The van der Waals surface area contributed by atoms with Gasteiger partial charge < -0.3 is 4.74 Å². The van der Waals surface area contributed by atoms with Gasteiger partial charge in [-0.15, -0.1) is 0 Å². The van der Waals surface area contributed by atoms with Gasteiger partial charge in [-0.1, -0.05) is 42.5 Å². The largest absolute Gasteiger partial charge is 0.493 e. The predicted molar refractivity (Wildman–Crippen MR) is 84.7 cm³/mol. The Morgan fingerprint density at radius 3 is 2.76 bits per heavy atom. The van der Waals surface area contributed by atoms with E-state index < -0.39 is 0 Å². The molecule has 1 aliphatic rings. The van der Waals surface area contributed by atoms with E-state index in [1.54, 1.807) is 6.08 Å². The molecule has 0 aliphatic carbocycles. The van der Waals surface area contributed by atoms with Crippen LogP contribution in [0.3, 0.4) is 0 Å². The Hall–Kier alpha value is -2.35. The second-order valence-corrected chi connectivity index (χ2v) is 5.24. The highest BCUT2D eigenvalue weighted by molar-refractivity contribution is 6.06. The van der Waals surface area contributed by atoms with Gasteiger partial charge in [0.1, 0.15) is 5.75 Å². The molecule has 0 radical (unpaired) electrons. The zero-order valence-corrected chi connectivity index (χ0v) is 11.9. The van der Waals surface area contributed by atoms with E-state index in [1.807, 2.05) is 48.5 Å². The van der Waals surface area contributed by atoms with E-state index in [1.165, 1.54) is 5.56 Å². The lowest BCUT2D eigenvalue weighted by Crippen LogP contribution is -1.95. The monoisotopic (exact) mass is 278 g/mol. The number of carbonyl (C=O) groups excluding carboxylic acids is 1. The highest BCUT2D eigenvalue weighted by atomic mass is 16.5. The van der Waals surface area contributed by atoms with Crippen LogP contribution < -0.4 is 4.74 Å². The molecule has 0 unspecified atom stereocenters. The van der Waals surface area contributed by atoms with Gasteiger partial charge in [-0.25, -0.2) is 0 Å². The summed E-state index contributed by atoms with van der Waals surface area (Å²) in [6.45, 7) is 0.800. The van der Waals surface area contributed by atoms with Crippen LogP contribution in [0.15, 0.2) is 54.6 Å². The van der Waals surface area contributed by atoms with Crippen molar-refractivity contribution >= 4 is 11.9 Å². The van der Waals surface area contributed by atoms with Gasteiger partial charge in [0.05, 0.1) is 6.61 Å². The van der Waals surface area contributed by atoms with Crippen molar-refractivity contribution in [2.75, 3.05) is 6.61 Å². The fourth-order valence-electron chi connectivity index (χ4n) is 2.51. The molecule has 2 aromatic carbocycles. The summed E-state index contributed by atoms with van der Waals surface area (Å²) in [5, 5.41) is 0. The first-order valence-corrected chi connectivity index (χ1v) is 7.36. The molecule has 0 bridgehead atoms. The highest BCUT2D eigenvalue weighted by Crippen LogP contribution is 2.25. The number of fused-ring (bicyclic) bond motifs is 1. The molecular weight excluding hydrogens is 260 g/mol. The predicted octanol–water partition coefficient (Wildman–Crippen LogP) is 4.30. The molecule has 2 aromatic rings. The van der Waals surface area contributed by atoms with Crippen LogP contribution in [0, 0.1) is 0 Å². The summed E-state index contributed by atoms with van der Waals surface area (Å²) in [6.07, 6.45) is 6.81. The van der Waals surface area contributed by atoms with Crippen LogP contribution in [0.5, 0.6) is 5.75 Å². The lowest BCUT2D eigenvalue weighted by molar-refractivity contribution is 0.104. The Morgan fingerprint density at radius 1 is 1.05 bits per heavy atom. The van der Waals surface area contributed by atoms with Crippen LogP contribution in [-0.2, 0) is 6.42 Å². The topological polar surface area (TPSA) is 26.3 Å². The van der Waals surface area contributed by atoms with Gasteiger partial charge in [-0.2, -0.15) is 0 Å². The molecule has 21 heavy (non-hydrogen) atoms. The maximum atomic E-state index is 12.1. The van der Waals surface area contributed by atoms with Crippen molar-refractivity contribution in [1.29, 1.82) is 0 Å². The van der Waals surface area contributed by atoms with E-state index in [2.05, 4.69) is 6.07 Å². The Labute approximate surface area is 125 Å². The summed E-state index contributed by atoms with van der Waals surface area (Å²) in [6, 6.07) is 15.4. The molecule has 0 amide bonds. The SMILES string of the molecule is O=C(C=Cc1ccc2c(c1)CCCCO2)c1ccccc1. The Bertz CT molecular complexity index is 657. The van der Waals surface area contributed by atoms with Crippen LogP contribution >= 0.6 is 0 Å². The van der Waals surface area contributed by atoms with Gasteiger partial charge in [0.25, 0.3) is 0 Å². The van der Waals surface area contributed by atoms with E-state index >= 15 is 0 Å². The van der Waals surface area contributed by atoms with Crippen molar-refractivity contribution in [3.8, 4) is 5.75 Å². The van der Waals surface area contributed by atoms with Crippen LogP contribution in [0.4, 0.5) is 0 Å². The van der Waals surface area contributed by atoms with E-state index in [0.29, 0.717) is 5.56 Å². The number of aryl methyl sites for hydroxylation is 1. The molecule has 2 heteroatoms. The van der Waals surface area contributed by atoms with Gasteiger partial charge >= 0.3 is 0 Å². The molecule has 106 valence electrons. The number of benzene rings is 2. The second-order valence-electron chi connectivity index (χ2n) is 5.24. The minimum Gasteiger partial charge on any atom is -0.493 e. The van der Waals surface area contributed by atoms with Crippen molar-refractivity contribution in [2.24, 2.45) is 0 Å². The first-order chi connectivity index (χ1) is 10.3. The maximum absolute atomic E-state index is 12.1. The summed E-state index contributed by atoms with van der Waals surface area (Å²) >= 11 is 0. The first-order valence-electron chi connectivity index (χ1n) is 7.36. The summed E-state index contributed by atoms with van der Waals surface area (Å²) < 4.78 is 5.71. The Kier molecular flexibility index (Phi) is 4.15. The number of ketones is 1. The van der Waals surface area contributed by atoms with Crippen molar-refractivity contribution in [1.82, 2.24) is 0 Å². The number of allylic oxidation sites excluding steroid dienone is 1. The minimum atomic E-state index is 0.0294. The number of rotatable bonds is 3. The average molecular weight is 278 g/mol. The third-order valence-corrected chi connectivity index (χ3v) is 3.67. The number of hydrogen-bond donors (Lipinski definition) is 0. The minimum absolute atomic E-state index is 0.0294. The van der Waals surface area contributed by atoms with Crippen LogP contribution in [0.1, 0.15) is 34.3 Å². The Balaban J connectivity index is 1.77. The summed E-state index contributed by atoms with van der Waals surface area (Å²) in [7, 11) is 0. The molecule has 0 aromatic heterocycles. The molecule has 0 spiro atoms. The van der Waals surface area contributed by atoms with Crippen molar-refractivity contribution in [3.63, 3.8) is 0 Å². The fraction of sp³-hybridized carbons (Fsp3) is 0.211. The number of carbonyl (C=O) groups is 1. The quantitative estimate of drug-likeness (QED) is 0.618. The molecule has 1 aliphatic heterocycles. The number of ether oxygens (including phenoxy) is 1. The van der Waals surface area contributed by atoms with E-state index in [4.69, 9.17) is 4.74 Å². The maximum Gasteiger partial charge on any atom is 0.185 e. The molecule has 3 rings (SSSR count). The normalized spacial score (nSPS) is 14.3. The zero-order valence-electron chi connectivity index (χ0n) is 11.9. The molecular formula is C19H18O2. The van der Waals surface area contributed by atoms with Crippen LogP contribution in [-0.4, -0.2) is 12.4 Å². The summed E-state index contributed by atoms with van der Waals surface area (Å²) in [4.78, 5) is 12.1. The summed E-state index contributed by atoms with van der Waals surface area (Å²) in [5.41, 5.74) is 3.00. The van der Waals surface area contributed by atoms with Gasteiger partial charge in [-0.3, -0.25) is 4.79 Å². The molecule has 2 nitrogen and oxygen atoms in total. The number of hydrogen-bond acceptors (Lipinski definition) is 2. The lowest BCUT2D eigenvalue weighted by Gasteiger charge is -2.07. The van der Waals surface area contributed by atoms with Gasteiger partial charge in [0, 0.05) is 5.56 Å². The lowest BCUT2D eigenvalue weighted by atomic mass is 10.0. The van der Waals surface area contributed by atoms with Crippen molar-refractivity contribution in [2.45, 2.75) is 19.3 Å².